The van der Waals surface area contributed by atoms with Crippen molar-refractivity contribution < 1.29 is 0 Å². The fourth-order valence-corrected chi connectivity index (χ4v) is 1.93. The number of hydrogen-bond acceptors (Lipinski definition) is 3. The standard InChI is InChI=1S/C6H13N3/c7-6-2-1-5(6)3-9(8)4-6/h5H,1-4,7-8H2/t5-,6-/m0/s1. The molecule has 0 amide bonds. The first kappa shape index (κ1) is 5.65. The van der Waals surface area contributed by atoms with Gasteiger partial charge >= 0.3 is 0 Å². The Labute approximate surface area is 55.0 Å². The van der Waals surface area contributed by atoms with Gasteiger partial charge in [0.25, 0.3) is 0 Å². The number of hydrazine groups is 1. The molecule has 0 bridgehead atoms. The van der Waals surface area contributed by atoms with E-state index in [9.17, 15) is 0 Å². The molecule has 1 saturated heterocycles. The second kappa shape index (κ2) is 1.48. The molecule has 2 atom stereocenters. The lowest BCUT2D eigenvalue weighted by atomic mass is 9.70. The third-order valence-electron chi connectivity index (χ3n) is 2.72. The summed E-state index contributed by atoms with van der Waals surface area (Å²) in [6, 6.07) is 0. The molecule has 2 fully saturated rings. The van der Waals surface area contributed by atoms with Gasteiger partial charge in [0.1, 0.15) is 0 Å². The molecule has 0 unspecified atom stereocenters. The molecule has 9 heavy (non-hydrogen) atoms. The Morgan fingerprint density at radius 3 is 2.56 bits per heavy atom. The van der Waals surface area contributed by atoms with Gasteiger partial charge < -0.3 is 5.73 Å². The SMILES string of the molecule is NN1C[C@@H]2CC[C@]2(N)C1. The molecule has 4 N–H and O–H groups in total. The van der Waals surface area contributed by atoms with Crippen LogP contribution >= 0.6 is 0 Å². The fourth-order valence-electron chi connectivity index (χ4n) is 1.93. The molecule has 3 heteroatoms. The summed E-state index contributed by atoms with van der Waals surface area (Å²) in [5.41, 5.74) is 6.08. The summed E-state index contributed by atoms with van der Waals surface area (Å²) in [4.78, 5) is 0. The van der Waals surface area contributed by atoms with Gasteiger partial charge in [0, 0.05) is 18.6 Å². The fraction of sp³-hybridized carbons (Fsp3) is 1.00. The van der Waals surface area contributed by atoms with Crippen molar-refractivity contribution >= 4 is 0 Å². The van der Waals surface area contributed by atoms with Gasteiger partial charge in [-0.05, 0) is 18.8 Å². The summed E-state index contributed by atoms with van der Waals surface area (Å²) in [6.45, 7) is 1.91. The zero-order valence-electron chi connectivity index (χ0n) is 5.51. The second-order valence-corrected chi connectivity index (χ2v) is 3.40. The number of nitrogens with two attached hydrogens (primary N) is 2. The van der Waals surface area contributed by atoms with E-state index in [1.165, 1.54) is 12.8 Å². The van der Waals surface area contributed by atoms with Crippen molar-refractivity contribution in [2.75, 3.05) is 13.1 Å². The predicted molar refractivity (Wildman–Crippen MR) is 35.4 cm³/mol. The molecule has 0 aromatic carbocycles. The smallest absolute Gasteiger partial charge is 0.0338 e. The van der Waals surface area contributed by atoms with Crippen LogP contribution in [0.4, 0.5) is 0 Å². The Kier molecular flexibility index (Phi) is 0.928. The Morgan fingerprint density at radius 2 is 2.33 bits per heavy atom. The third kappa shape index (κ3) is 0.625. The van der Waals surface area contributed by atoms with Crippen LogP contribution < -0.4 is 11.6 Å². The molecule has 2 rings (SSSR count). The van der Waals surface area contributed by atoms with E-state index in [1.54, 1.807) is 0 Å². The Morgan fingerprint density at radius 1 is 1.56 bits per heavy atom. The maximum absolute atomic E-state index is 5.98. The lowest BCUT2D eigenvalue weighted by Gasteiger charge is -2.40. The van der Waals surface area contributed by atoms with Crippen LogP contribution in [0.3, 0.4) is 0 Å². The summed E-state index contributed by atoms with van der Waals surface area (Å²) in [5.74, 6) is 6.29. The quantitative estimate of drug-likeness (QED) is 0.422. The van der Waals surface area contributed by atoms with Gasteiger partial charge in [-0.3, -0.25) is 5.84 Å². The van der Waals surface area contributed by atoms with E-state index in [0.717, 1.165) is 13.1 Å². The van der Waals surface area contributed by atoms with Crippen molar-refractivity contribution in [3.05, 3.63) is 0 Å². The monoisotopic (exact) mass is 127 g/mol. The topological polar surface area (TPSA) is 55.3 Å². The maximum atomic E-state index is 5.98. The first-order chi connectivity index (χ1) is 4.21. The highest BCUT2D eigenvalue weighted by Crippen LogP contribution is 2.41. The summed E-state index contributed by atoms with van der Waals surface area (Å²) >= 11 is 0. The van der Waals surface area contributed by atoms with Crippen LogP contribution in [0.25, 0.3) is 0 Å². The van der Waals surface area contributed by atoms with Crippen LogP contribution in [0.15, 0.2) is 0 Å². The van der Waals surface area contributed by atoms with Gasteiger partial charge in [-0.1, -0.05) is 0 Å². The molecular weight excluding hydrogens is 114 g/mol. The maximum Gasteiger partial charge on any atom is 0.0338 e. The molecule has 2 aliphatic rings. The molecule has 1 aliphatic carbocycles. The Balaban J connectivity index is 2.12. The normalized spacial score (nSPS) is 50.7. The van der Waals surface area contributed by atoms with Gasteiger partial charge in [0.15, 0.2) is 0 Å². The first-order valence-electron chi connectivity index (χ1n) is 3.49. The van der Waals surface area contributed by atoms with Crippen LogP contribution in [0.5, 0.6) is 0 Å². The zero-order chi connectivity index (χ0) is 6.48. The summed E-state index contributed by atoms with van der Waals surface area (Å²) < 4.78 is 0. The van der Waals surface area contributed by atoms with Gasteiger partial charge in [-0.15, -0.1) is 0 Å². The molecule has 1 aliphatic heterocycles. The van der Waals surface area contributed by atoms with Crippen molar-refractivity contribution in [2.24, 2.45) is 17.5 Å². The van der Waals surface area contributed by atoms with E-state index in [1.807, 2.05) is 5.01 Å². The second-order valence-electron chi connectivity index (χ2n) is 3.40. The summed E-state index contributed by atoms with van der Waals surface area (Å²) in [6.07, 6.45) is 2.45. The molecule has 52 valence electrons. The summed E-state index contributed by atoms with van der Waals surface area (Å²) in [7, 11) is 0. The zero-order valence-corrected chi connectivity index (χ0v) is 5.51. The molecular formula is C6H13N3. The predicted octanol–water partition coefficient (Wildman–Crippen LogP) is -0.717. The minimum Gasteiger partial charge on any atom is -0.324 e. The lowest BCUT2D eigenvalue weighted by Crippen LogP contribution is -2.54. The van der Waals surface area contributed by atoms with Crippen LogP contribution in [-0.2, 0) is 0 Å². The lowest BCUT2D eigenvalue weighted by molar-refractivity contribution is 0.188. The molecule has 0 spiro atoms. The highest BCUT2D eigenvalue weighted by molar-refractivity contribution is 5.07. The van der Waals surface area contributed by atoms with Crippen molar-refractivity contribution in [1.82, 2.24) is 5.01 Å². The van der Waals surface area contributed by atoms with Crippen LogP contribution in [0.1, 0.15) is 12.8 Å². The van der Waals surface area contributed by atoms with Crippen molar-refractivity contribution in [3.8, 4) is 0 Å². The van der Waals surface area contributed by atoms with E-state index in [0.29, 0.717) is 5.92 Å². The van der Waals surface area contributed by atoms with Crippen LogP contribution in [0.2, 0.25) is 0 Å². The highest BCUT2D eigenvalue weighted by Gasteiger charge is 2.49. The van der Waals surface area contributed by atoms with Gasteiger partial charge in [-0.25, -0.2) is 5.01 Å². The number of rotatable bonds is 0. The van der Waals surface area contributed by atoms with Gasteiger partial charge in [-0.2, -0.15) is 0 Å². The van der Waals surface area contributed by atoms with E-state index >= 15 is 0 Å². The van der Waals surface area contributed by atoms with Crippen molar-refractivity contribution in [1.29, 1.82) is 0 Å². The van der Waals surface area contributed by atoms with Crippen molar-refractivity contribution in [2.45, 2.75) is 18.4 Å². The van der Waals surface area contributed by atoms with Crippen LogP contribution in [0, 0.1) is 5.92 Å². The minimum atomic E-state index is 0.106. The van der Waals surface area contributed by atoms with Gasteiger partial charge in [0.05, 0.1) is 0 Å². The Hall–Kier alpha value is -0.120. The number of fused-ring (bicyclic) bond motifs is 1. The number of nitrogens with zero attached hydrogens (tertiary/aromatic N) is 1. The molecule has 3 nitrogen and oxygen atoms in total. The average molecular weight is 127 g/mol. The minimum absolute atomic E-state index is 0.106. The third-order valence-corrected chi connectivity index (χ3v) is 2.72. The van der Waals surface area contributed by atoms with Gasteiger partial charge in [0.2, 0.25) is 0 Å². The van der Waals surface area contributed by atoms with Crippen LogP contribution in [-0.4, -0.2) is 23.6 Å². The first-order valence-corrected chi connectivity index (χ1v) is 3.49. The van der Waals surface area contributed by atoms with E-state index in [4.69, 9.17) is 11.6 Å². The molecule has 1 saturated carbocycles. The van der Waals surface area contributed by atoms with E-state index < -0.39 is 0 Å². The molecule has 0 radical (unpaired) electrons. The summed E-state index contributed by atoms with van der Waals surface area (Å²) in [5, 5.41) is 1.84. The van der Waals surface area contributed by atoms with E-state index in [2.05, 4.69) is 0 Å². The van der Waals surface area contributed by atoms with Crippen molar-refractivity contribution in [3.63, 3.8) is 0 Å². The largest absolute Gasteiger partial charge is 0.324 e. The molecule has 0 aromatic heterocycles. The average Bonchev–Trinajstić information content (AvgIpc) is 1.94. The number of hydrogen-bond donors (Lipinski definition) is 2. The highest BCUT2D eigenvalue weighted by atomic mass is 15.4. The molecule has 1 heterocycles. The molecule has 0 aromatic rings. The Bertz CT molecular complexity index is 136. The van der Waals surface area contributed by atoms with E-state index in [-0.39, 0.29) is 5.54 Å².